The number of carbonyl (C=O) groups is 2. The molecular weight excluding hydrogens is 226 g/mol. The van der Waals surface area contributed by atoms with Gasteiger partial charge in [-0.25, -0.2) is 0 Å². The summed E-state index contributed by atoms with van der Waals surface area (Å²) in [7, 11) is 1.81. The number of carbonyl (C=O) groups excluding carboxylic acids is 1. The molecule has 0 aliphatic heterocycles. The van der Waals surface area contributed by atoms with Gasteiger partial charge in [-0.1, -0.05) is 0 Å². The lowest BCUT2D eigenvalue weighted by Gasteiger charge is -2.24. The predicted octanol–water partition coefficient (Wildman–Crippen LogP) is 1.84. The van der Waals surface area contributed by atoms with Crippen LogP contribution in [-0.4, -0.2) is 47.0 Å². The number of nitrogens with zero attached hydrogens (tertiary/aromatic N) is 1. The van der Waals surface area contributed by atoms with E-state index in [2.05, 4.69) is 0 Å². The number of thioether (sulfide) groups is 1. The monoisotopic (exact) mass is 247 g/mol. The molecule has 0 aromatic rings. The van der Waals surface area contributed by atoms with E-state index >= 15 is 0 Å². The lowest BCUT2D eigenvalue weighted by atomic mass is 10.1. The Hall–Kier alpha value is -0.710. The number of amides is 1. The van der Waals surface area contributed by atoms with Gasteiger partial charge in [0.05, 0.1) is 0 Å². The second-order valence-electron chi connectivity index (χ2n) is 3.91. The molecule has 0 rings (SSSR count). The molecule has 0 aromatic carbocycles. The van der Waals surface area contributed by atoms with Gasteiger partial charge < -0.3 is 10.0 Å². The minimum absolute atomic E-state index is 0.104. The third kappa shape index (κ3) is 6.71. The first-order valence-corrected chi connectivity index (χ1v) is 6.84. The highest BCUT2D eigenvalue weighted by molar-refractivity contribution is 7.98. The average Bonchev–Trinajstić information content (AvgIpc) is 2.23. The molecule has 1 N–H and O–H groups in total. The molecule has 16 heavy (non-hydrogen) atoms. The van der Waals surface area contributed by atoms with Gasteiger partial charge in [-0.3, -0.25) is 9.59 Å². The molecule has 0 fully saturated rings. The first-order valence-electron chi connectivity index (χ1n) is 5.45. The van der Waals surface area contributed by atoms with Crippen LogP contribution in [0.25, 0.3) is 0 Å². The predicted molar refractivity (Wildman–Crippen MR) is 66.7 cm³/mol. The van der Waals surface area contributed by atoms with E-state index in [1.165, 1.54) is 0 Å². The van der Waals surface area contributed by atoms with Gasteiger partial charge in [0, 0.05) is 31.7 Å². The number of unbranched alkanes of at least 4 members (excludes halogenated alkanes) is 1. The Balaban J connectivity index is 3.74. The zero-order valence-electron chi connectivity index (χ0n) is 10.2. The van der Waals surface area contributed by atoms with Gasteiger partial charge >= 0.3 is 5.97 Å². The Morgan fingerprint density at radius 2 is 1.88 bits per heavy atom. The quantitative estimate of drug-likeness (QED) is 0.665. The van der Waals surface area contributed by atoms with Gasteiger partial charge in [0.25, 0.3) is 0 Å². The molecule has 0 aliphatic carbocycles. The Morgan fingerprint density at radius 3 is 2.38 bits per heavy atom. The SMILES string of the molecule is CSCC(C)N(C)C(=O)CCCCC(=O)O. The molecule has 0 aromatic heterocycles. The van der Waals surface area contributed by atoms with E-state index in [0.29, 0.717) is 19.3 Å². The van der Waals surface area contributed by atoms with Crippen LogP contribution in [0.4, 0.5) is 0 Å². The number of rotatable bonds is 8. The van der Waals surface area contributed by atoms with Crippen molar-refractivity contribution in [1.29, 1.82) is 0 Å². The lowest BCUT2D eigenvalue weighted by Crippen LogP contribution is -2.36. The molecule has 94 valence electrons. The molecule has 4 nitrogen and oxygen atoms in total. The van der Waals surface area contributed by atoms with E-state index in [0.717, 1.165) is 5.75 Å². The van der Waals surface area contributed by atoms with Crippen LogP contribution in [0, 0.1) is 0 Å². The van der Waals surface area contributed by atoms with Crippen molar-refractivity contribution in [3.8, 4) is 0 Å². The standard InChI is InChI=1S/C11H21NO3S/c1-9(8-16-3)12(2)10(13)6-4-5-7-11(14)15/h9H,4-8H2,1-3H3,(H,14,15). The first-order chi connectivity index (χ1) is 7.49. The summed E-state index contributed by atoms with van der Waals surface area (Å²) in [5, 5.41) is 8.45. The van der Waals surface area contributed by atoms with Crippen molar-refractivity contribution in [3.63, 3.8) is 0 Å². The van der Waals surface area contributed by atoms with Crippen LogP contribution in [0.3, 0.4) is 0 Å². The van der Waals surface area contributed by atoms with E-state index < -0.39 is 5.97 Å². The van der Waals surface area contributed by atoms with Crippen LogP contribution in [-0.2, 0) is 9.59 Å². The molecular formula is C11H21NO3S. The van der Waals surface area contributed by atoms with Crippen LogP contribution >= 0.6 is 11.8 Å². The fourth-order valence-electron chi connectivity index (χ4n) is 1.33. The minimum Gasteiger partial charge on any atom is -0.481 e. The van der Waals surface area contributed by atoms with Gasteiger partial charge in [0.1, 0.15) is 0 Å². The Labute approximate surface area is 101 Å². The van der Waals surface area contributed by atoms with E-state index in [1.54, 1.807) is 23.7 Å². The van der Waals surface area contributed by atoms with E-state index in [-0.39, 0.29) is 18.4 Å². The number of carboxylic acid groups (broad SMARTS) is 1. The molecule has 0 bridgehead atoms. The zero-order chi connectivity index (χ0) is 12.6. The Bertz CT molecular complexity index is 233. The van der Waals surface area contributed by atoms with Crippen LogP contribution in [0.5, 0.6) is 0 Å². The summed E-state index contributed by atoms with van der Waals surface area (Å²) in [6.07, 6.45) is 3.84. The molecule has 0 saturated heterocycles. The fourth-order valence-corrected chi connectivity index (χ4v) is 2.03. The van der Waals surface area contributed by atoms with Crippen molar-refractivity contribution in [2.24, 2.45) is 0 Å². The third-order valence-corrected chi connectivity index (χ3v) is 3.31. The molecule has 0 heterocycles. The summed E-state index contributed by atoms with van der Waals surface area (Å²) in [4.78, 5) is 23.7. The Morgan fingerprint density at radius 1 is 1.31 bits per heavy atom. The second kappa shape index (κ2) is 8.44. The van der Waals surface area contributed by atoms with E-state index in [1.807, 2.05) is 13.2 Å². The lowest BCUT2D eigenvalue weighted by molar-refractivity contribution is -0.137. The van der Waals surface area contributed by atoms with Gasteiger partial charge in [0.2, 0.25) is 5.91 Å². The largest absolute Gasteiger partial charge is 0.481 e. The second-order valence-corrected chi connectivity index (χ2v) is 4.82. The normalized spacial score (nSPS) is 12.2. The summed E-state index contributed by atoms with van der Waals surface area (Å²) >= 11 is 1.72. The maximum atomic E-state index is 11.7. The van der Waals surface area contributed by atoms with Crippen molar-refractivity contribution in [3.05, 3.63) is 0 Å². The first kappa shape index (κ1) is 15.3. The van der Waals surface area contributed by atoms with Crippen molar-refractivity contribution in [2.45, 2.75) is 38.6 Å². The van der Waals surface area contributed by atoms with Crippen LogP contribution < -0.4 is 0 Å². The summed E-state index contributed by atoms with van der Waals surface area (Å²) < 4.78 is 0. The van der Waals surface area contributed by atoms with Gasteiger partial charge in [-0.05, 0) is 26.0 Å². The molecule has 1 amide bonds. The fraction of sp³-hybridized carbons (Fsp3) is 0.818. The number of aliphatic carboxylic acids is 1. The zero-order valence-corrected chi connectivity index (χ0v) is 11.0. The summed E-state index contributed by atoms with van der Waals surface area (Å²) in [5.74, 6) is 0.237. The maximum absolute atomic E-state index is 11.7. The van der Waals surface area contributed by atoms with Gasteiger partial charge in [0.15, 0.2) is 0 Å². The summed E-state index contributed by atoms with van der Waals surface area (Å²) in [6, 6.07) is 0.238. The average molecular weight is 247 g/mol. The smallest absolute Gasteiger partial charge is 0.303 e. The number of carboxylic acids is 1. The highest BCUT2D eigenvalue weighted by Gasteiger charge is 2.14. The summed E-state index contributed by atoms with van der Waals surface area (Å²) in [6.45, 7) is 2.02. The van der Waals surface area contributed by atoms with E-state index in [9.17, 15) is 9.59 Å². The van der Waals surface area contributed by atoms with Crippen molar-refractivity contribution in [2.75, 3.05) is 19.1 Å². The van der Waals surface area contributed by atoms with Crippen molar-refractivity contribution in [1.82, 2.24) is 4.90 Å². The van der Waals surface area contributed by atoms with Gasteiger partial charge in [-0.15, -0.1) is 0 Å². The number of hydrogen-bond acceptors (Lipinski definition) is 3. The Kier molecular flexibility index (Phi) is 8.07. The van der Waals surface area contributed by atoms with Crippen molar-refractivity contribution < 1.29 is 14.7 Å². The molecule has 0 spiro atoms. The molecule has 0 radical (unpaired) electrons. The maximum Gasteiger partial charge on any atom is 0.303 e. The highest BCUT2D eigenvalue weighted by atomic mass is 32.2. The van der Waals surface area contributed by atoms with Crippen LogP contribution in [0.15, 0.2) is 0 Å². The van der Waals surface area contributed by atoms with Gasteiger partial charge in [-0.2, -0.15) is 11.8 Å². The molecule has 0 aliphatic rings. The number of hydrogen-bond donors (Lipinski definition) is 1. The molecule has 1 unspecified atom stereocenters. The van der Waals surface area contributed by atoms with Crippen LogP contribution in [0.2, 0.25) is 0 Å². The topological polar surface area (TPSA) is 57.6 Å². The third-order valence-electron chi connectivity index (χ3n) is 2.49. The van der Waals surface area contributed by atoms with Crippen molar-refractivity contribution >= 4 is 23.6 Å². The molecule has 0 saturated carbocycles. The van der Waals surface area contributed by atoms with E-state index in [4.69, 9.17) is 5.11 Å². The molecule has 1 atom stereocenters. The highest BCUT2D eigenvalue weighted by Crippen LogP contribution is 2.08. The summed E-state index contributed by atoms with van der Waals surface area (Å²) in [5.41, 5.74) is 0. The van der Waals surface area contributed by atoms with Crippen LogP contribution in [0.1, 0.15) is 32.6 Å². The molecule has 5 heteroatoms. The minimum atomic E-state index is -0.795.